The van der Waals surface area contributed by atoms with E-state index in [1.165, 1.54) is 0 Å². The molecule has 0 aliphatic heterocycles. The number of nitrogens with zero attached hydrogens (tertiary/aromatic N) is 1. The maximum Gasteiger partial charge on any atom is 0.126 e. The molecule has 1 rings (SSSR count). The van der Waals surface area contributed by atoms with E-state index < -0.39 is 0 Å². The highest BCUT2D eigenvalue weighted by Crippen LogP contribution is 2.29. The van der Waals surface area contributed by atoms with Crippen LogP contribution in [0.5, 0.6) is 0 Å². The van der Waals surface area contributed by atoms with Gasteiger partial charge in [-0.15, -0.1) is 0 Å². The second-order valence-corrected chi connectivity index (χ2v) is 5.77. The molecule has 0 aliphatic carbocycles. The van der Waals surface area contributed by atoms with Crippen LogP contribution >= 0.6 is 11.8 Å². The molecule has 0 saturated heterocycles. The van der Waals surface area contributed by atoms with Gasteiger partial charge < -0.3 is 10.6 Å². The number of thioether (sulfide) groups is 1. The van der Waals surface area contributed by atoms with Crippen molar-refractivity contribution in [3.63, 3.8) is 0 Å². The molecule has 0 spiro atoms. The van der Waals surface area contributed by atoms with Crippen LogP contribution in [0.15, 0.2) is 12.1 Å². The SMILES string of the molecule is CSCC(C)N(C)c1cc(C)c(F)cc1[C@H](C)N. The third-order valence-corrected chi connectivity index (χ3v) is 4.06. The largest absolute Gasteiger partial charge is 0.371 e. The highest BCUT2D eigenvalue weighted by molar-refractivity contribution is 7.98. The summed E-state index contributed by atoms with van der Waals surface area (Å²) in [6.45, 7) is 5.84. The molecule has 1 unspecified atom stereocenters. The van der Waals surface area contributed by atoms with E-state index in [0.29, 0.717) is 11.6 Å². The lowest BCUT2D eigenvalue weighted by molar-refractivity contribution is 0.611. The van der Waals surface area contributed by atoms with E-state index >= 15 is 0 Å². The summed E-state index contributed by atoms with van der Waals surface area (Å²) in [4.78, 5) is 2.18. The van der Waals surface area contributed by atoms with Gasteiger partial charge in [0.25, 0.3) is 0 Å². The Morgan fingerprint density at radius 2 is 2.00 bits per heavy atom. The van der Waals surface area contributed by atoms with Gasteiger partial charge in [0.1, 0.15) is 5.82 Å². The maximum atomic E-state index is 13.7. The lowest BCUT2D eigenvalue weighted by Crippen LogP contribution is -2.32. The van der Waals surface area contributed by atoms with Crippen molar-refractivity contribution in [3.8, 4) is 0 Å². The second-order valence-electron chi connectivity index (χ2n) is 4.86. The van der Waals surface area contributed by atoms with E-state index in [9.17, 15) is 4.39 Å². The maximum absolute atomic E-state index is 13.7. The summed E-state index contributed by atoms with van der Waals surface area (Å²) in [6.07, 6.45) is 2.09. The molecule has 0 radical (unpaired) electrons. The Kier molecular flexibility index (Phi) is 5.47. The average molecular weight is 270 g/mol. The molecule has 1 aromatic rings. The Balaban J connectivity index is 3.17. The van der Waals surface area contributed by atoms with E-state index in [2.05, 4.69) is 18.1 Å². The Bertz CT molecular complexity index is 407. The molecule has 0 fully saturated rings. The van der Waals surface area contributed by atoms with Gasteiger partial charge >= 0.3 is 0 Å². The Morgan fingerprint density at radius 3 is 2.50 bits per heavy atom. The van der Waals surface area contributed by atoms with E-state index in [0.717, 1.165) is 17.0 Å². The summed E-state index contributed by atoms with van der Waals surface area (Å²) in [5.74, 6) is 0.850. The van der Waals surface area contributed by atoms with Gasteiger partial charge in [-0.2, -0.15) is 11.8 Å². The molecule has 0 bridgehead atoms. The molecule has 0 aliphatic rings. The quantitative estimate of drug-likeness (QED) is 0.890. The van der Waals surface area contributed by atoms with Gasteiger partial charge in [0.2, 0.25) is 0 Å². The van der Waals surface area contributed by atoms with Crippen LogP contribution in [0.3, 0.4) is 0 Å². The summed E-state index contributed by atoms with van der Waals surface area (Å²) in [5.41, 5.74) is 8.51. The number of anilines is 1. The molecule has 0 aromatic heterocycles. The third kappa shape index (κ3) is 3.39. The lowest BCUT2D eigenvalue weighted by Gasteiger charge is -2.30. The van der Waals surface area contributed by atoms with Crippen molar-refractivity contribution in [2.75, 3.05) is 24.0 Å². The first kappa shape index (κ1) is 15.3. The molecule has 0 heterocycles. The van der Waals surface area contributed by atoms with Crippen LogP contribution in [-0.4, -0.2) is 25.1 Å². The van der Waals surface area contributed by atoms with Crippen molar-refractivity contribution in [2.24, 2.45) is 5.73 Å². The number of nitrogens with two attached hydrogens (primary N) is 1. The van der Waals surface area contributed by atoms with Crippen molar-refractivity contribution in [1.82, 2.24) is 0 Å². The summed E-state index contributed by atoms with van der Waals surface area (Å²) in [6, 6.07) is 3.68. The number of benzene rings is 1. The van der Waals surface area contributed by atoms with Crippen molar-refractivity contribution >= 4 is 17.4 Å². The minimum absolute atomic E-state index is 0.168. The van der Waals surface area contributed by atoms with Gasteiger partial charge in [-0.3, -0.25) is 0 Å². The summed E-state index contributed by atoms with van der Waals surface area (Å²) < 4.78 is 13.7. The van der Waals surface area contributed by atoms with Gasteiger partial charge in [-0.1, -0.05) is 0 Å². The van der Waals surface area contributed by atoms with Gasteiger partial charge in [0, 0.05) is 30.6 Å². The van der Waals surface area contributed by atoms with Crippen molar-refractivity contribution in [2.45, 2.75) is 32.9 Å². The zero-order chi connectivity index (χ0) is 13.9. The van der Waals surface area contributed by atoms with E-state index in [1.807, 2.05) is 31.8 Å². The topological polar surface area (TPSA) is 29.3 Å². The van der Waals surface area contributed by atoms with Gasteiger partial charge in [0.15, 0.2) is 0 Å². The lowest BCUT2D eigenvalue weighted by atomic mass is 10.0. The standard InChI is InChI=1S/C14H23FN2S/c1-9-6-14(17(4)10(2)8-18-5)12(11(3)16)7-13(9)15/h6-7,10-11H,8,16H2,1-5H3/t10?,11-/m0/s1. The molecule has 4 heteroatoms. The molecule has 0 amide bonds. The first-order chi connectivity index (χ1) is 8.38. The Hall–Kier alpha value is -0.740. The highest BCUT2D eigenvalue weighted by atomic mass is 32.2. The van der Waals surface area contributed by atoms with Crippen LogP contribution < -0.4 is 10.6 Å². The summed E-state index contributed by atoms with van der Waals surface area (Å²) >= 11 is 1.81. The van der Waals surface area contributed by atoms with Crippen LogP contribution in [0.25, 0.3) is 0 Å². The number of halogens is 1. The minimum atomic E-state index is -0.183. The third-order valence-electron chi connectivity index (χ3n) is 3.25. The van der Waals surface area contributed by atoms with Gasteiger partial charge in [0.05, 0.1) is 0 Å². The molecule has 0 saturated carbocycles. The summed E-state index contributed by atoms with van der Waals surface area (Å²) in [5, 5.41) is 0. The van der Waals surface area contributed by atoms with Crippen molar-refractivity contribution < 1.29 is 4.39 Å². The van der Waals surface area contributed by atoms with Crippen LogP contribution in [0.4, 0.5) is 10.1 Å². The average Bonchev–Trinajstić information content (AvgIpc) is 2.31. The summed E-state index contributed by atoms with van der Waals surface area (Å²) in [7, 11) is 2.04. The zero-order valence-corrected chi connectivity index (χ0v) is 12.6. The molecule has 18 heavy (non-hydrogen) atoms. The molecule has 2 nitrogen and oxygen atoms in total. The molecule has 1 aromatic carbocycles. The van der Waals surface area contributed by atoms with Crippen molar-refractivity contribution in [1.29, 1.82) is 0 Å². The monoisotopic (exact) mass is 270 g/mol. The number of rotatable bonds is 5. The van der Waals surface area contributed by atoms with E-state index in [1.54, 1.807) is 13.0 Å². The number of hydrogen-bond acceptors (Lipinski definition) is 3. The van der Waals surface area contributed by atoms with Crippen LogP contribution in [0.1, 0.15) is 31.0 Å². The fraction of sp³-hybridized carbons (Fsp3) is 0.571. The molecular formula is C14H23FN2S. The highest BCUT2D eigenvalue weighted by Gasteiger charge is 2.17. The Morgan fingerprint density at radius 1 is 1.39 bits per heavy atom. The molecular weight excluding hydrogens is 247 g/mol. The van der Waals surface area contributed by atoms with Crippen molar-refractivity contribution in [3.05, 3.63) is 29.1 Å². The van der Waals surface area contributed by atoms with Crippen LogP contribution in [0, 0.1) is 12.7 Å². The second kappa shape index (κ2) is 6.43. The minimum Gasteiger partial charge on any atom is -0.371 e. The number of hydrogen-bond donors (Lipinski definition) is 1. The fourth-order valence-corrected chi connectivity index (χ4v) is 2.65. The smallest absolute Gasteiger partial charge is 0.126 e. The number of aryl methyl sites for hydroxylation is 1. The van der Waals surface area contributed by atoms with Gasteiger partial charge in [-0.05, 0) is 50.3 Å². The van der Waals surface area contributed by atoms with Crippen LogP contribution in [-0.2, 0) is 0 Å². The molecule has 2 N–H and O–H groups in total. The van der Waals surface area contributed by atoms with E-state index in [-0.39, 0.29) is 11.9 Å². The Labute approximate surface area is 114 Å². The van der Waals surface area contributed by atoms with Gasteiger partial charge in [-0.25, -0.2) is 4.39 Å². The molecule has 2 atom stereocenters. The molecule has 102 valence electrons. The zero-order valence-electron chi connectivity index (χ0n) is 11.8. The van der Waals surface area contributed by atoms with Crippen LogP contribution in [0.2, 0.25) is 0 Å². The first-order valence-electron chi connectivity index (χ1n) is 6.15. The predicted molar refractivity (Wildman–Crippen MR) is 80.0 cm³/mol. The first-order valence-corrected chi connectivity index (χ1v) is 7.55. The van der Waals surface area contributed by atoms with E-state index in [4.69, 9.17) is 5.73 Å². The normalized spacial score (nSPS) is 14.4. The fourth-order valence-electron chi connectivity index (χ4n) is 1.94. The predicted octanol–water partition coefficient (Wildman–Crippen LogP) is 3.34.